The van der Waals surface area contributed by atoms with Crippen LogP contribution < -0.4 is 19.8 Å². The lowest BCUT2D eigenvalue weighted by Crippen LogP contribution is -2.48. The van der Waals surface area contributed by atoms with E-state index in [0.717, 1.165) is 24.3 Å². The van der Waals surface area contributed by atoms with Crippen LogP contribution in [0.4, 0.5) is 5.69 Å². The number of amides is 1. The van der Waals surface area contributed by atoms with E-state index >= 15 is 0 Å². The Labute approximate surface area is 178 Å². The van der Waals surface area contributed by atoms with E-state index in [1.54, 1.807) is 37.6 Å². The Morgan fingerprint density at radius 1 is 1.23 bits per heavy atom. The highest BCUT2D eigenvalue weighted by Gasteiger charge is 2.35. The van der Waals surface area contributed by atoms with E-state index in [2.05, 4.69) is 55.3 Å². The first kappa shape index (κ1) is 21.7. The Morgan fingerprint density at radius 3 is 2.60 bits per heavy atom. The Balaban J connectivity index is 1.58. The molecule has 3 rings (SSSR count). The number of hydrogen-bond acceptors (Lipinski definition) is 5. The third-order valence-corrected chi connectivity index (χ3v) is 5.56. The number of fused-ring (bicyclic) bond motifs is 1. The van der Waals surface area contributed by atoms with Crippen LogP contribution in [0.25, 0.3) is 0 Å². The maximum absolute atomic E-state index is 12.0. The molecule has 1 amide bonds. The van der Waals surface area contributed by atoms with Gasteiger partial charge in [-0.15, -0.1) is 0 Å². The number of ether oxygens (including phenoxy) is 2. The van der Waals surface area contributed by atoms with Crippen molar-refractivity contribution in [2.24, 2.45) is 5.10 Å². The molecule has 1 unspecified atom stereocenters. The highest BCUT2D eigenvalue weighted by Crippen LogP contribution is 2.43. The number of rotatable bonds is 7. The molecule has 6 nitrogen and oxygen atoms in total. The van der Waals surface area contributed by atoms with Gasteiger partial charge in [0.2, 0.25) is 0 Å². The summed E-state index contributed by atoms with van der Waals surface area (Å²) in [5.41, 5.74) is 6.25. The van der Waals surface area contributed by atoms with Gasteiger partial charge in [-0.3, -0.25) is 4.79 Å². The molecule has 6 heteroatoms. The molecule has 0 radical (unpaired) electrons. The molecule has 0 aliphatic carbocycles. The summed E-state index contributed by atoms with van der Waals surface area (Å²) in [5.74, 6) is 1.49. The van der Waals surface area contributed by atoms with Crippen LogP contribution in [0.3, 0.4) is 0 Å². The first-order chi connectivity index (χ1) is 14.3. The maximum atomic E-state index is 12.0. The second-order valence-corrected chi connectivity index (χ2v) is 8.24. The Hall–Kier alpha value is -3.02. The highest BCUT2D eigenvalue weighted by atomic mass is 16.5. The molecule has 0 saturated carbocycles. The van der Waals surface area contributed by atoms with E-state index in [-0.39, 0.29) is 18.1 Å². The summed E-state index contributed by atoms with van der Waals surface area (Å²) in [4.78, 5) is 14.4. The second kappa shape index (κ2) is 9.20. The number of nitrogens with one attached hydrogen (secondary N) is 1. The van der Waals surface area contributed by atoms with Crippen LogP contribution in [0.2, 0.25) is 0 Å². The summed E-state index contributed by atoms with van der Waals surface area (Å²) in [6, 6.07) is 13.4. The number of benzene rings is 2. The van der Waals surface area contributed by atoms with Crippen LogP contribution in [0.1, 0.15) is 51.2 Å². The van der Waals surface area contributed by atoms with Gasteiger partial charge in [0, 0.05) is 17.8 Å². The van der Waals surface area contributed by atoms with Gasteiger partial charge in [-0.1, -0.05) is 13.0 Å². The average Bonchev–Trinajstić information content (AvgIpc) is 2.72. The largest absolute Gasteiger partial charge is 0.497 e. The lowest BCUT2D eigenvalue weighted by atomic mass is 9.79. The number of nitrogens with zero attached hydrogens (tertiary/aromatic N) is 2. The standard InChI is InChI=1S/C24H31N3O3/c1-6-27-22-12-7-18(13-21(22)17(2)14-24(27,3)4)15-25-26-23(28)16-30-20-10-8-19(29-5)9-11-20/h7-13,15,17H,6,14,16H2,1-5H3,(H,26,28)/b25-15-. The number of hydrogen-bond donors (Lipinski definition) is 1. The van der Waals surface area contributed by atoms with Gasteiger partial charge in [0.25, 0.3) is 5.91 Å². The zero-order valence-electron chi connectivity index (χ0n) is 18.4. The molecule has 0 fully saturated rings. The van der Waals surface area contributed by atoms with E-state index in [1.165, 1.54) is 11.3 Å². The van der Waals surface area contributed by atoms with E-state index in [1.807, 2.05) is 6.07 Å². The Morgan fingerprint density at radius 2 is 1.93 bits per heavy atom. The Kier molecular flexibility index (Phi) is 6.65. The van der Waals surface area contributed by atoms with E-state index in [9.17, 15) is 4.79 Å². The summed E-state index contributed by atoms with van der Waals surface area (Å²) in [6.07, 6.45) is 2.78. The molecule has 0 saturated heterocycles. The summed E-state index contributed by atoms with van der Waals surface area (Å²) in [5, 5.41) is 4.08. The molecule has 160 valence electrons. The first-order valence-electron chi connectivity index (χ1n) is 10.3. The number of hydrazone groups is 1. The van der Waals surface area contributed by atoms with E-state index in [0.29, 0.717) is 11.7 Å². The van der Waals surface area contributed by atoms with Crippen molar-refractivity contribution in [2.45, 2.75) is 45.6 Å². The first-order valence-corrected chi connectivity index (χ1v) is 10.3. The summed E-state index contributed by atoms with van der Waals surface area (Å²) < 4.78 is 10.6. The van der Waals surface area contributed by atoms with E-state index < -0.39 is 0 Å². The summed E-state index contributed by atoms with van der Waals surface area (Å²) in [6.45, 7) is 9.94. The Bertz CT molecular complexity index is 906. The van der Waals surface area contributed by atoms with Gasteiger partial charge in [0.05, 0.1) is 13.3 Å². The molecule has 1 heterocycles. The van der Waals surface area contributed by atoms with Crippen molar-refractivity contribution in [3.05, 3.63) is 53.6 Å². The monoisotopic (exact) mass is 409 g/mol. The normalized spacial score (nSPS) is 17.5. The molecular formula is C24H31N3O3. The number of carbonyl (C=O) groups excluding carboxylic acids is 1. The predicted octanol–water partition coefficient (Wildman–Crippen LogP) is 4.34. The quantitative estimate of drug-likeness (QED) is 0.546. The van der Waals surface area contributed by atoms with Gasteiger partial charge >= 0.3 is 0 Å². The zero-order valence-corrected chi connectivity index (χ0v) is 18.4. The van der Waals surface area contributed by atoms with Crippen molar-refractivity contribution < 1.29 is 14.3 Å². The molecule has 1 aliphatic heterocycles. The fourth-order valence-electron chi connectivity index (χ4n) is 4.22. The summed E-state index contributed by atoms with van der Waals surface area (Å²) >= 11 is 0. The molecule has 2 aromatic rings. The molecule has 0 spiro atoms. The van der Waals surface area contributed by atoms with Crippen molar-refractivity contribution >= 4 is 17.8 Å². The average molecular weight is 410 g/mol. The SMILES string of the molecule is CCN1c2ccc(/C=N\NC(=O)COc3ccc(OC)cc3)cc2C(C)CC1(C)C. The van der Waals surface area contributed by atoms with Gasteiger partial charge in [-0.25, -0.2) is 5.43 Å². The minimum atomic E-state index is -0.313. The van der Waals surface area contributed by atoms with Gasteiger partial charge in [0.1, 0.15) is 11.5 Å². The topological polar surface area (TPSA) is 63.2 Å². The molecule has 1 atom stereocenters. The van der Waals surface area contributed by atoms with Crippen molar-refractivity contribution in [1.29, 1.82) is 0 Å². The fraction of sp³-hybridized carbons (Fsp3) is 0.417. The molecule has 30 heavy (non-hydrogen) atoms. The number of methoxy groups -OCH3 is 1. The van der Waals surface area contributed by atoms with E-state index in [4.69, 9.17) is 9.47 Å². The molecular weight excluding hydrogens is 378 g/mol. The molecule has 1 N–H and O–H groups in total. The molecule has 0 bridgehead atoms. The van der Waals surface area contributed by atoms with Crippen LogP contribution >= 0.6 is 0 Å². The molecule has 1 aliphatic rings. The molecule has 0 aromatic heterocycles. The molecule has 2 aromatic carbocycles. The van der Waals surface area contributed by atoms with Gasteiger partial charge in [-0.05, 0) is 80.6 Å². The maximum Gasteiger partial charge on any atom is 0.277 e. The van der Waals surface area contributed by atoms with Crippen molar-refractivity contribution in [3.63, 3.8) is 0 Å². The predicted molar refractivity (Wildman–Crippen MR) is 121 cm³/mol. The van der Waals surface area contributed by atoms with Crippen LogP contribution in [0.15, 0.2) is 47.6 Å². The van der Waals surface area contributed by atoms with Gasteiger partial charge in [0.15, 0.2) is 6.61 Å². The lowest BCUT2D eigenvalue weighted by Gasteiger charge is -2.47. The minimum Gasteiger partial charge on any atom is -0.497 e. The van der Waals surface area contributed by atoms with Crippen molar-refractivity contribution in [1.82, 2.24) is 5.43 Å². The van der Waals surface area contributed by atoms with Crippen LogP contribution in [-0.2, 0) is 4.79 Å². The smallest absolute Gasteiger partial charge is 0.277 e. The third-order valence-electron chi connectivity index (χ3n) is 5.56. The third kappa shape index (κ3) is 4.93. The number of carbonyl (C=O) groups is 1. The highest BCUT2D eigenvalue weighted by molar-refractivity contribution is 5.84. The lowest BCUT2D eigenvalue weighted by molar-refractivity contribution is -0.123. The number of anilines is 1. The van der Waals surface area contributed by atoms with Crippen LogP contribution in [0.5, 0.6) is 11.5 Å². The zero-order chi connectivity index (χ0) is 21.7. The summed E-state index contributed by atoms with van der Waals surface area (Å²) in [7, 11) is 1.60. The van der Waals surface area contributed by atoms with Gasteiger partial charge < -0.3 is 14.4 Å². The second-order valence-electron chi connectivity index (χ2n) is 8.24. The minimum absolute atomic E-state index is 0.106. The van der Waals surface area contributed by atoms with Crippen LogP contribution in [-0.4, -0.2) is 37.9 Å². The van der Waals surface area contributed by atoms with Crippen molar-refractivity contribution in [3.8, 4) is 11.5 Å². The van der Waals surface area contributed by atoms with Gasteiger partial charge in [-0.2, -0.15) is 5.10 Å². The van der Waals surface area contributed by atoms with Crippen molar-refractivity contribution in [2.75, 3.05) is 25.2 Å². The van der Waals surface area contributed by atoms with Crippen LogP contribution in [0, 0.1) is 0 Å². The fourth-order valence-corrected chi connectivity index (χ4v) is 4.22.